The van der Waals surface area contributed by atoms with E-state index < -0.39 is 22.9 Å². The van der Waals surface area contributed by atoms with Gasteiger partial charge in [0, 0.05) is 16.6 Å². The molecule has 1 aromatic carbocycles. The number of rotatable bonds is 2. The SMILES string of the molecule is CC12CCC(/C(=C\C(=O)c3ccc(C(F)(F)F)cc3)C1=O)C2(C)C. The zero-order chi connectivity index (χ0) is 17.9. The van der Waals surface area contributed by atoms with Crippen molar-refractivity contribution in [1.29, 1.82) is 0 Å². The van der Waals surface area contributed by atoms with Gasteiger partial charge in [-0.25, -0.2) is 0 Å². The lowest BCUT2D eigenvalue weighted by atomic mass is 9.70. The van der Waals surface area contributed by atoms with Crippen LogP contribution >= 0.6 is 0 Å². The van der Waals surface area contributed by atoms with Crippen molar-refractivity contribution in [2.75, 3.05) is 0 Å². The first-order valence-electron chi connectivity index (χ1n) is 7.96. The third-order valence-electron chi connectivity index (χ3n) is 6.15. The number of benzene rings is 1. The molecule has 1 aromatic rings. The van der Waals surface area contributed by atoms with E-state index in [0.29, 0.717) is 5.57 Å². The number of carbonyl (C=O) groups excluding carboxylic acids is 2. The number of Topliss-reactive ketones (excluding diaryl/α,β-unsaturated/α-hetero) is 1. The van der Waals surface area contributed by atoms with Gasteiger partial charge in [0.25, 0.3) is 0 Å². The summed E-state index contributed by atoms with van der Waals surface area (Å²) >= 11 is 0. The molecule has 2 aliphatic carbocycles. The summed E-state index contributed by atoms with van der Waals surface area (Å²) in [4.78, 5) is 25.1. The molecule has 24 heavy (non-hydrogen) atoms. The number of halogens is 3. The van der Waals surface area contributed by atoms with E-state index in [0.717, 1.165) is 37.1 Å². The van der Waals surface area contributed by atoms with Crippen molar-refractivity contribution >= 4 is 11.6 Å². The molecule has 2 nitrogen and oxygen atoms in total. The van der Waals surface area contributed by atoms with Crippen molar-refractivity contribution in [2.45, 2.75) is 39.8 Å². The summed E-state index contributed by atoms with van der Waals surface area (Å²) < 4.78 is 37.8. The number of alkyl halides is 3. The van der Waals surface area contributed by atoms with Crippen molar-refractivity contribution in [1.82, 2.24) is 0 Å². The van der Waals surface area contributed by atoms with Crippen LogP contribution in [0.15, 0.2) is 35.9 Å². The minimum atomic E-state index is -4.43. The lowest BCUT2D eigenvalue weighted by molar-refractivity contribution is -0.137. The molecule has 2 unspecified atom stereocenters. The molecule has 128 valence electrons. The lowest BCUT2D eigenvalue weighted by Crippen LogP contribution is -2.32. The monoisotopic (exact) mass is 336 g/mol. The third kappa shape index (κ3) is 2.25. The number of hydrogen-bond donors (Lipinski definition) is 0. The van der Waals surface area contributed by atoms with E-state index in [4.69, 9.17) is 0 Å². The largest absolute Gasteiger partial charge is 0.416 e. The minimum Gasteiger partial charge on any atom is -0.294 e. The van der Waals surface area contributed by atoms with Gasteiger partial charge in [0.2, 0.25) is 0 Å². The Morgan fingerprint density at radius 1 is 1.17 bits per heavy atom. The van der Waals surface area contributed by atoms with E-state index in [9.17, 15) is 22.8 Å². The van der Waals surface area contributed by atoms with Crippen LogP contribution in [-0.2, 0) is 11.0 Å². The topological polar surface area (TPSA) is 34.1 Å². The molecule has 0 aromatic heterocycles. The van der Waals surface area contributed by atoms with Crippen LogP contribution in [0, 0.1) is 16.7 Å². The quantitative estimate of drug-likeness (QED) is 0.572. The van der Waals surface area contributed by atoms with E-state index in [2.05, 4.69) is 0 Å². The zero-order valence-electron chi connectivity index (χ0n) is 13.8. The van der Waals surface area contributed by atoms with Crippen LogP contribution in [0.25, 0.3) is 0 Å². The van der Waals surface area contributed by atoms with Crippen LogP contribution in [-0.4, -0.2) is 11.6 Å². The van der Waals surface area contributed by atoms with Crippen molar-refractivity contribution in [3.8, 4) is 0 Å². The highest BCUT2D eigenvalue weighted by Gasteiger charge is 2.63. The Morgan fingerprint density at radius 2 is 1.75 bits per heavy atom. The van der Waals surface area contributed by atoms with Gasteiger partial charge in [0.1, 0.15) is 0 Å². The van der Waals surface area contributed by atoms with Crippen LogP contribution in [0.2, 0.25) is 0 Å². The fraction of sp³-hybridized carbons (Fsp3) is 0.474. The first-order valence-corrected chi connectivity index (χ1v) is 7.96. The maximum absolute atomic E-state index is 12.7. The van der Waals surface area contributed by atoms with Crippen LogP contribution in [0.5, 0.6) is 0 Å². The Bertz CT molecular complexity index is 741. The molecule has 3 rings (SSSR count). The fourth-order valence-electron chi connectivity index (χ4n) is 4.14. The van der Waals surface area contributed by atoms with Gasteiger partial charge in [-0.2, -0.15) is 13.2 Å². The standard InChI is InChI=1S/C19H19F3O2/c1-17(2)14-8-9-18(17,3)16(24)13(14)10-15(23)11-4-6-12(7-5-11)19(20,21)22/h4-7,10,14H,8-9H2,1-3H3/b13-10+. The maximum Gasteiger partial charge on any atom is 0.416 e. The average molecular weight is 336 g/mol. The van der Waals surface area contributed by atoms with Crippen LogP contribution < -0.4 is 0 Å². The van der Waals surface area contributed by atoms with Crippen LogP contribution in [0.3, 0.4) is 0 Å². The summed E-state index contributed by atoms with van der Waals surface area (Å²) in [6.45, 7) is 6.04. The average Bonchev–Trinajstić information content (AvgIpc) is 2.80. The van der Waals surface area contributed by atoms with Crippen LogP contribution in [0.4, 0.5) is 13.2 Å². The highest BCUT2D eigenvalue weighted by atomic mass is 19.4. The van der Waals surface area contributed by atoms with Crippen molar-refractivity contribution in [3.05, 3.63) is 47.0 Å². The molecule has 0 heterocycles. The molecule has 2 bridgehead atoms. The van der Waals surface area contributed by atoms with Crippen LogP contribution in [0.1, 0.15) is 49.5 Å². The second-order valence-corrected chi connectivity index (χ2v) is 7.51. The molecular weight excluding hydrogens is 317 g/mol. The summed E-state index contributed by atoms with van der Waals surface area (Å²) in [6.07, 6.45) is -1.42. The molecule has 0 spiro atoms. The van der Waals surface area contributed by atoms with Gasteiger partial charge < -0.3 is 0 Å². The third-order valence-corrected chi connectivity index (χ3v) is 6.15. The predicted octanol–water partition coefficient (Wildman–Crippen LogP) is 4.84. The molecule has 2 atom stereocenters. The molecule has 5 heteroatoms. The van der Waals surface area contributed by atoms with Crippen molar-refractivity contribution < 1.29 is 22.8 Å². The maximum atomic E-state index is 12.7. The zero-order valence-corrected chi connectivity index (χ0v) is 13.8. The number of ketones is 2. The molecule has 2 aliphatic rings. The molecule has 2 fully saturated rings. The lowest BCUT2D eigenvalue weighted by Gasteiger charge is -2.31. The minimum absolute atomic E-state index is 0.00371. The van der Waals surface area contributed by atoms with E-state index in [1.54, 1.807) is 0 Å². The Hall–Kier alpha value is -1.91. The smallest absolute Gasteiger partial charge is 0.294 e. The van der Waals surface area contributed by atoms with E-state index in [1.165, 1.54) is 6.08 Å². The number of carbonyl (C=O) groups is 2. The van der Waals surface area contributed by atoms with Gasteiger partial charge in [-0.1, -0.05) is 32.9 Å². The van der Waals surface area contributed by atoms with E-state index in [1.807, 2.05) is 20.8 Å². The molecule has 0 N–H and O–H groups in total. The van der Waals surface area contributed by atoms with Gasteiger partial charge in [-0.05, 0) is 42.4 Å². The van der Waals surface area contributed by atoms with Gasteiger partial charge >= 0.3 is 6.18 Å². The Labute approximate surface area is 138 Å². The Kier molecular flexibility index (Phi) is 3.56. The van der Waals surface area contributed by atoms with E-state index >= 15 is 0 Å². The molecule has 0 saturated heterocycles. The van der Waals surface area contributed by atoms with Crippen molar-refractivity contribution in [2.24, 2.45) is 16.7 Å². The highest BCUT2D eigenvalue weighted by Crippen LogP contribution is 2.65. The van der Waals surface area contributed by atoms with Gasteiger partial charge in [0.15, 0.2) is 11.6 Å². The number of allylic oxidation sites excluding steroid dienone is 2. The number of fused-ring (bicyclic) bond motifs is 2. The first-order chi connectivity index (χ1) is 11.0. The summed E-state index contributed by atoms with van der Waals surface area (Å²) in [6, 6.07) is 4.10. The van der Waals surface area contributed by atoms with Crippen molar-refractivity contribution in [3.63, 3.8) is 0 Å². The molecular formula is C19H19F3O2. The van der Waals surface area contributed by atoms with Gasteiger partial charge in [-0.3, -0.25) is 9.59 Å². The highest BCUT2D eigenvalue weighted by molar-refractivity contribution is 6.13. The summed E-state index contributed by atoms with van der Waals surface area (Å²) in [5.74, 6) is -0.378. The predicted molar refractivity (Wildman–Crippen MR) is 83.5 cm³/mol. The van der Waals surface area contributed by atoms with E-state index in [-0.39, 0.29) is 22.7 Å². The molecule has 0 amide bonds. The Balaban J connectivity index is 1.90. The van der Waals surface area contributed by atoms with Gasteiger partial charge in [0.05, 0.1) is 5.56 Å². The summed E-state index contributed by atoms with van der Waals surface area (Å²) in [5, 5.41) is 0. The summed E-state index contributed by atoms with van der Waals surface area (Å²) in [5.41, 5.74) is -0.760. The molecule has 2 saturated carbocycles. The second-order valence-electron chi connectivity index (χ2n) is 7.51. The Morgan fingerprint density at radius 3 is 2.21 bits per heavy atom. The summed E-state index contributed by atoms with van der Waals surface area (Å²) in [7, 11) is 0. The molecule has 0 aliphatic heterocycles. The molecule has 0 radical (unpaired) electrons. The second kappa shape index (κ2) is 5.04. The first kappa shape index (κ1) is 16.9. The fourth-order valence-corrected chi connectivity index (χ4v) is 4.14. The number of hydrogen-bond acceptors (Lipinski definition) is 2. The van der Waals surface area contributed by atoms with Gasteiger partial charge in [-0.15, -0.1) is 0 Å². The normalized spacial score (nSPS) is 30.2.